The molecule has 0 saturated carbocycles. The van der Waals surface area contributed by atoms with Gasteiger partial charge < -0.3 is 9.88 Å². The topological polar surface area (TPSA) is 46.9 Å². The third-order valence-corrected chi connectivity index (χ3v) is 3.51. The van der Waals surface area contributed by atoms with Crippen LogP contribution in [0, 0.1) is 6.92 Å². The summed E-state index contributed by atoms with van der Waals surface area (Å²) < 4.78 is 2.85. The van der Waals surface area contributed by atoms with Gasteiger partial charge in [-0.1, -0.05) is 28.1 Å². The number of carbonyl (C=O) groups is 1. The molecular formula is C14H16BrN3O. The maximum absolute atomic E-state index is 11.9. The number of hydrogen-bond acceptors (Lipinski definition) is 2. The van der Waals surface area contributed by atoms with Crippen LogP contribution in [-0.4, -0.2) is 15.5 Å². The van der Waals surface area contributed by atoms with E-state index in [1.807, 2.05) is 42.7 Å². The minimum atomic E-state index is -0.0171. The zero-order chi connectivity index (χ0) is 13.8. The van der Waals surface area contributed by atoms with E-state index in [9.17, 15) is 4.79 Å². The van der Waals surface area contributed by atoms with Crippen molar-refractivity contribution in [3.05, 3.63) is 52.5 Å². The fraction of sp³-hybridized carbons (Fsp3) is 0.286. The number of amides is 1. The molecule has 0 aliphatic heterocycles. The second-order valence-corrected chi connectivity index (χ2v) is 5.36. The van der Waals surface area contributed by atoms with E-state index >= 15 is 0 Å². The van der Waals surface area contributed by atoms with Gasteiger partial charge in [0.1, 0.15) is 12.4 Å². The molecule has 1 amide bonds. The second-order valence-electron chi connectivity index (χ2n) is 4.44. The molecule has 1 aromatic carbocycles. The molecule has 0 aliphatic carbocycles. The summed E-state index contributed by atoms with van der Waals surface area (Å²) >= 11 is 3.40. The maximum atomic E-state index is 11.9. The van der Waals surface area contributed by atoms with E-state index in [2.05, 4.69) is 26.2 Å². The first kappa shape index (κ1) is 13.8. The standard InChI is InChI=1S/C14H16BrN3O/c1-10(12-3-5-13(15)6-4-12)17-14(19)9-18-8-7-16-11(18)2/h3-8,10H,9H2,1-2H3,(H,17,19). The smallest absolute Gasteiger partial charge is 0.240 e. The van der Waals surface area contributed by atoms with Crippen molar-refractivity contribution in [2.75, 3.05) is 0 Å². The Labute approximate surface area is 121 Å². The SMILES string of the molecule is Cc1nccn1CC(=O)NC(C)c1ccc(Br)cc1. The predicted octanol–water partition coefficient (Wildman–Crippen LogP) is 2.83. The molecule has 0 fully saturated rings. The van der Waals surface area contributed by atoms with Crippen LogP contribution in [0.4, 0.5) is 0 Å². The summed E-state index contributed by atoms with van der Waals surface area (Å²) in [5.74, 6) is 0.822. The molecule has 2 rings (SSSR count). The Morgan fingerprint density at radius 1 is 1.42 bits per heavy atom. The number of rotatable bonds is 4. The minimum absolute atomic E-state index is 0.00979. The molecule has 0 radical (unpaired) electrons. The van der Waals surface area contributed by atoms with Gasteiger partial charge in [0.2, 0.25) is 5.91 Å². The van der Waals surface area contributed by atoms with Gasteiger partial charge in [0.25, 0.3) is 0 Å². The molecular weight excluding hydrogens is 306 g/mol. The van der Waals surface area contributed by atoms with E-state index in [0.717, 1.165) is 15.9 Å². The molecule has 5 heteroatoms. The third kappa shape index (κ3) is 3.67. The Balaban J connectivity index is 1.95. The fourth-order valence-electron chi connectivity index (χ4n) is 1.85. The molecule has 0 aliphatic rings. The summed E-state index contributed by atoms with van der Waals surface area (Å²) in [7, 11) is 0. The average molecular weight is 322 g/mol. The van der Waals surface area contributed by atoms with Crippen LogP contribution in [-0.2, 0) is 11.3 Å². The van der Waals surface area contributed by atoms with E-state index in [1.165, 1.54) is 0 Å². The minimum Gasteiger partial charge on any atom is -0.348 e. The van der Waals surface area contributed by atoms with Gasteiger partial charge in [-0.2, -0.15) is 0 Å². The first-order valence-corrected chi connectivity index (χ1v) is 6.88. The van der Waals surface area contributed by atoms with Crippen LogP contribution in [0.15, 0.2) is 41.1 Å². The van der Waals surface area contributed by atoms with Crippen molar-refractivity contribution in [2.24, 2.45) is 0 Å². The quantitative estimate of drug-likeness (QED) is 0.941. The van der Waals surface area contributed by atoms with Gasteiger partial charge in [0.05, 0.1) is 6.04 Å². The second kappa shape index (κ2) is 6.02. The molecule has 0 spiro atoms. The molecule has 1 unspecified atom stereocenters. The first-order valence-electron chi connectivity index (χ1n) is 6.09. The Morgan fingerprint density at radius 3 is 2.68 bits per heavy atom. The van der Waals surface area contributed by atoms with Crippen LogP contribution in [0.5, 0.6) is 0 Å². The molecule has 100 valence electrons. The van der Waals surface area contributed by atoms with Gasteiger partial charge in [-0.15, -0.1) is 0 Å². The lowest BCUT2D eigenvalue weighted by atomic mass is 10.1. The number of nitrogens with one attached hydrogen (secondary N) is 1. The zero-order valence-electron chi connectivity index (χ0n) is 10.9. The number of carbonyl (C=O) groups excluding carboxylic acids is 1. The molecule has 1 heterocycles. The Hall–Kier alpha value is -1.62. The van der Waals surface area contributed by atoms with Crippen LogP contribution in [0.25, 0.3) is 0 Å². The van der Waals surface area contributed by atoms with E-state index in [1.54, 1.807) is 12.4 Å². The first-order chi connectivity index (χ1) is 9.06. The van der Waals surface area contributed by atoms with Gasteiger partial charge >= 0.3 is 0 Å². The van der Waals surface area contributed by atoms with Crippen molar-refractivity contribution < 1.29 is 4.79 Å². The number of benzene rings is 1. The van der Waals surface area contributed by atoms with Crippen molar-refractivity contribution in [1.82, 2.24) is 14.9 Å². The van der Waals surface area contributed by atoms with E-state index < -0.39 is 0 Å². The van der Waals surface area contributed by atoms with Crippen molar-refractivity contribution in [3.63, 3.8) is 0 Å². The summed E-state index contributed by atoms with van der Waals surface area (Å²) in [5, 5.41) is 2.98. The van der Waals surface area contributed by atoms with Crippen molar-refractivity contribution in [3.8, 4) is 0 Å². The van der Waals surface area contributed by atoms with Crippen molar-refractivity contribution >= 4 is 21.8 Å². The van der Waals surface area contributed by atoms with Crippen LogP contribution >= 0.6 is 15.9 Å². The highest BCUT2D eigenvalue weighted by Crippen LogP contribution is 2.16. The van der Waals surface area contributed by atoms with E-state index in [0.29, 0.717) is 6.54 Å². The van der Waals surface area contributed by atoms with Crippen LogP contribution < -0.4 is 5.32 Å². The highest BCUT2D eigenvalue weighted by molar-refractivity contribution is 9.10. The number of imidazole rings is 1. The van der Waals surface area contributed by atoms with Crippen LogP contribution in [0.2, 0.25) is 0 Å². The Kier molecular flexibility index (Phi) is 4.37. The summed E-state index contributed by atoms with van der Waals surface area (Å²) in [6, 6.07) is 7.93. The molecule has 2 aromatic rings. The maximum Gasteiger partial charge on any atom is 0.240 e. The molecule has 1 aromatic heterocycles. The number of halogens is 1. The number of aryl methyl sites for hydroxylation is 1. The molecule has 0 bridgehead atoms. The number of nitrogens with zero attached hydrogens (tertiary/aromatic N) is 2. The van der Waals surface area contributed by atoms with Gasteiger partial charge in [-0.05, 0) is 31.5 Å². The molecule has 1 N–H and O–H groups in total. The fourth-order valence-corrected chi connectivity index (χ4v) is 2.11. The highest BCUT2D eigenvalue weighted by atomic mass is 79.9. The largest absolute Gasteiger partial charge is 0.348 e. The summed E-state index contributed by atoms with van der Waals surface area (Å²) in [6.07, 6.45) is 3.50. The van der Waals surface area contributed by atoms with Crippen molar-refractivity contribution in [2.45, 2.75) is 26.4 Å². The predicted molar refractivity (Wildman–Crippen MR) is 77.7 cm³/mol. The summed E-state index contributed by atoms with van der Waals surface area (Å²) in [4.78, 5) is 16.0. The zero-order valence-corrected chi connectivity index (χ0v) is 12.5. The van der Waals surface area contributed by atoms with Gasteiger partial charge in [0, 0.05) is 16.9 Å². The molecule has 1 atom stereocenters. The molecule has 19 heavy (non-hydrogen) atoms. The lowest BCUT2D eigenvalue weighted by molar-refractivity contribution is -0.122. The number of aromatic nitrogens is 2. The van der Waals surface area contributed by atoms with Gasteiger partial charge in [0.15, 0.2) is 0 Å². The van der Waals surface area contributed by atoms with Crippen molar-refractivity contribution in [1.29, 1.82) is 0 Å². The van der Waals surface area contributed by atoms with E-state index in [-0.39, 0.29) is 11.9 Å². The number of hydrogen-bond donors (Lipinski definition) is 1. The van der Waals surface area contributed by atoms with Crippen LogP contribution in [0.1, 0.15) is 24.4 Å². The average Bonchev–Trinajstić information content (AvgIpc) is 2.75. The van der Waals surface area contributed by atoms with Gasteiger partial charge in [-0.3, -0.25) is 4.79 Å². The van der Waals surface area contributed by atoms with Crippen LogP contribution in [0.3, 0.4) is 0 Å². The van der Waals surface area contributed by atoms with E-state index in [4.69, 9.17) is 0 Å². The Bertz CT molecular complexity index is 562. The normalized spacial score (nSPS) is 12.2. The lowest BCUT2D eigenvalue weighted by Crippen LogP contribution is -2.30. The lowest BCUT2D eigenvalue weighted by Gasteiger charge is -2.15. The highest BCUT2D eigenvalue weighted by Gasteiger charge is 2.10. The summed E-state index contributed by atoms with van der Waals surface area (Å²) in [5.41, 5.74) is 1.08. The molecule has 4 nitrogen and oxygen atoms in total. The third-order valence-electron chi connectivity index (χ3n) is 2.99. The Morgan fingerprint density at radius 2 is 2.11 bits per heavy atom. The van der Waals surface area contributed by atoms with Gasteiger partial charge in [-0.25, -0.2) is 4.98 Å². The summed E-state index contributed by atoms with van der Waals surface area (Å²) in [6.45, 7) is 4.15. The molecule has 0 saturated heterocycles. The monoisotopic (exact) mass is 321 g/mol.